The summed E-state index contributed by atoms with van der Waals surface area (Å²) in [6, 6.07) is 1.29. The van der Waals surface area contributed by atoms with Crippen LogP contribution in [0.2, 0.25) is 5.02 Å². The molecule has 36 heavy (non-hydrogen) atoms. The maximum atomic E-state index is 14.0. The zero-order valence-electron chi connectivity index (χ0n) is 19.1. The van der Waals surface area contributed by atoms with Gasteiger partial charge in [0.25, 0.3) is 0 Å². The number of halogens is 4. The zero-order valence-corrected chi connectivity index (χ0v) is 19.8. The fourth-order valence-electron chi connectivity index (χ4n) is 2.66. The molecule has 0 aromatic carbocycles. The maximum absolute atomic E-state index is 14.0. The molecule has 0 unspecified atom stereocenters. The van der Waals surface area contributed by atoms with Crippen LogP contribution in [0.5, 0.6) is 0 Å². The molecule has 0 saturated carbocycles. The standard InChI is InChI=1S/C20H15ClF3N7.C2H5N.CH3N/c1-3-13-5-6-17(16(4-2)29-13)30-18(20(22,23)24)14(10-25)12-9-15(21)19(26-11-12)31-27-7-8-28-31;1-2-3;1-2/h1,4-11,29H,25H2,2H3;2H,1,3H2;2H,1H2/b14-10-,16-4-,30-18?;;. The van der Waals surface area contributed by atoms with Crippen LogP contribution in [0.4, 0.5) is 13.2 Å². The number of dihydropyridines is 1. The zero-order chi connectivity index (χ0) is 27.3. The van der Waals surface area contributed by atoms with E-state index >= 15 is 0 Å². The Balaban J connectivity index is 0.00000120. The van der Waals surface area contributed by atoms with Gasteiger partial charge >= 0.3 is 6.18 Å². The summed E-state index contributed by atoms with van der Waals surface area (Å²) in [5, 5.41) is 16.2. The molecule has 3 heterocycles. The summed E-state index contributed by atoms with van der Waals surface area (Å²) in [4.78, 5) is 9.05. The van der Waals surface area contributed by atoms with Crippen molar-refractivity contribution in [2.75, 3.05) is 0 Å². The van der Waals surface area contributed by atoms with Crippen molar-refractivity contribution in [2.24, 2.45) is 16.5 Å². The fourth-order valence-corrected chi connectivity index (χ4v) is 2.91. The summed E-state index contributed by atoms with van der Waals surface area (Å²) in [5.74, 6) is 2.53. The SMILES string of the molecule is C#CC1=CC=C(N=C(/C(=C\N)c2cnc(-n3nccn3)c(Cl)c2)C(F)(F)F)/C(=C/C)N1.C=CN.C=N. The second-order valence-corrected chi connectivity index (χ2v) is 6.63. The van der Waals surface area contributed by atoms with Crippen LogP contribution in [0.15, 0.2) is 83.9 Å². The van der Waals surface area contributed by atoms with Gasteiger partial charge in [0.15, 0.2) is 11.5 Å². The number of alkyl halides is 3. The van der Waals surface area contributed by atoms with E-state index < -0.39 is 17.5 Å². The predicted molar refractivity (Wildman–Crippen MR) is 136 cm³/mol. The Morgan fingerprint density at radius 2 is 1.89 bits per heavy atom. The Morgan fingerprint density at radius 1 is 1.28 bits per heavy atom. The number of nitrogens with two attached hydrogens (primary N) is 2. The van der Waals surface area contributed by atoms with E-state index in [2.05, 4.69) is 50.4 Å². The summed E-state index contributed by atoms with van der Waals surface area (Å²) in [7, 11) is 0. The molecule has 1 aliphatic rings. The van der Waals surface area contributed by atoms with E-state index in [0.717, 1.165) is 11.0 Å². The lowest BCUT2D eigenvalue weighted by atomic mass is 10.0. The monoisotopic (exact) mass is 517 g/mol. The molecule has 0 amide bonds. The summed E-state index contributed by atoms with van der Waals surface area (Å²) >= 11 is 6.20. The van der Waals surface area contributed by atoms with Crippen LogP contribution in [0.25, 0.3) is 11.4 Å². The fraction of sp³-hybridized carbons (Fsp3) is 0.0870. The first-order valence-electron chi connectivity index (χ1n) is 9.81. The van der Waals surface area contributed by atoms with Gasteiger partial charge in [-0.3, -0.25) is 0 Å². The highest BCUT2D eigenvalue weighted by molar-refractivity contribution is 6.33. The van der Waals surface area contributed by atoms with Gasteiger partial charge < -0.3 is 22.2 Å². The molecule has 2 aromatic heterocycles. The molecule has 9 nitrogen and oxygen atoms in total. The number of hydrogen-bond acceptors (Lipinski definition) is 8. The normalized spacial score (nSPS) is 14.6. The highest BCUT2D eigenvalue weighted by Gasteiger charge is 2.39. The average molecular weight is 518 g/mol. The van der Waals surface area contributed by atoms with E-state index in [1.807, 2.05) is 0 Å². The van der Waals surface area contributed by atoms with Gasteiger partial charge in [-0.2, -0.15) is 23.4 Å². The Kier molecular flexibility index (Phi) is 11.4. The molecule has 0 atom stereocenters. The van der Waals surface area contributed by atoms with Gasteiger partial charge in [-0.1, -0.05) is 30.2 Å². The van der Waals surface area contributed by atoms with Crippen molar-refractivity contribution in [1.82, 2.24) is 25.3 Å². The molecular weight excluding hydrogens is 495 g/mol. The van der Waals surface area contributed by atoms with Crippen molar-refractivity contribution in [2.45, 2.75) is 13.1 Å². The van der Waals surface area contributed by atoms with E-state index in [9.17, 15) is 13.2 Å². The third kappa shape index (κ3) is 7.44. The van der Waals surface area contributed by atoms with Gasteiger partial charge in [0, 0.05) is 23.5 Å². The Bertz CT molecular complexity index is 1250. The number of aliphatic imine (C=N–C) groups is 1. The lowest BCUT2D eigenvalue weighted by Crippen LogP contribution is -2.26. The number of nitrogens with one attached hydrogen (secondary N) is 2. The van der Waals surface area contributed by atoms with Crippen molar-refractivity contribution in [3.05, 3.63) is 89.5 Å². The number of allylic oxidation sites excluding steroid dienone is 5. The van der Waals surface area contributed by atoms with E-state index in [1.165, 1.54) is 43.0 Å². The number of nitrogens with zero attached hydrogens (tertiary/aromatic N) is 5. The topological polar surface area (TPSA) is 144 Å². The van der Waals surface area contributed by atoms with Crippen molar-refractivity contribution in [1.29, 1.82) is 5.41 Å². The van der Waals surface area contributed by atoms with E-state index in [1.54, 1.807) is 13.0 Å². The maximum Gasteiger partial charge on any atom is 0.434 e. The second-order valence-electron chi connectivity index (χ2n) is 6.23. The van der Waals surface area contributed by atoms with Gasteiger partial charge in [0.2, 0.25) is 0 Å². The van der Waals surface area contributed by atoms with Crippen molar-refractivity contribution < 1.29 is 13.2 Å². The predicted octanol–water partition coefficient (Wildman–Crippen LogP) is 3.88. The minimum absolute atomic E-state index is 0.0192. The minimum Gasteiger partial charge on any atom is -0.405 e. The number of aromatic nitrogens is 4. The summed E-state index contributed by atoms with van der Waals surface area (Å²) in [6.45, 7) is 7.28. The first kappa shape index (κ1) is 29.4. The van der Waals surface area contributed by atoms with Crippen LogP contribution in [0, 0.1) is 17.8 Å². The molecule has 0 bridgehead atoms. The van der Waals surface area contributed by atoms with E-state index in [0.29, 0.717) is 11.4 Å². The summed E-state index contributed by atoms with van der Waals surface area (Å²) in [5.41, 5.74) is 9.33. The average Bonchev–Trinajstić information content (AvgIpc) is 3.40. The third-order valence-electron chi connectivity index (χ3n) is 4.06. The van der Waals surface area contributed by atoms with Gasteiger partial charge in [-0.25, -0.2) is 9.98 Å². The number of hydrogen-bond donors (Lipinski definition) is 4. The largest absolute Gasteiger partial charge is 0.434 e. The second kappa shape index (κ2) is 13.9. The smallest absolute Gasteiger partial charge is 0.405 e. The molecule has 0 radical (unpaired) electrons. The number of terminal acetylenes is 1. The lowest BCUT2D eigenvalue weighted by Gasteiger charge is -2.19. The summed E-state index contributed by atoms with van der Waals surface area (Å²) < 4.78 is 41.9. The summed E-state index contributed by atoms with van der Waals surface area (Å²) in [6.07, 6.45) is 11.0. The molecule has 0 spiro atoms. The third-order valence-corrected chi connectivity index (χ3v) is 4.34. The molecule has 3 rings (SSSR count). The van der Waals surface area contributed by atoms with Crippen LogP contribution >= 0.6 is 11.6 Å². The molecule has 6 N–H and O–H groups in total. The van der Waals surface area contributed by atoms with Crippen molar-refractivity contribution in [3.8, 4) is 18.2 Å². The quantitative estimate of drug-likeness (QED) is 0.358. The molecule has 0 saturated heterocycles. The van der Waals surface area contributed by atoms with Crippen LogP contribution < -0.4 is 16.8 Å². The number of rotatable bonds is 4. The first-order chi connectivity index (χ1) is 17.2. The van der Waals surface area contributed by atoms with Crippen molar-refractivity contribution in [3.63, 3.8) is 0 Å². The van der Waals surface area contributed by atoms with Crippen LogP contribution in [-0.2, 0) is 0 Å². The van der Waals surface area contributed by atoms with Gasteiger partial charge in [-0.05, 0) is 38.1 Å². The molecule has 0 fully saturated rings. The van der Waals surface area contributed by atoms with E-state index in [-0.39, 0.29) is 22.1 Å². The van der Waals surface area contributed by atoms with Crippen LogP contribution in [-0.4, -0.2) is 38.6 Å². The molecule has 0 aliphatic carbocycles. The molecule has 2 aromatic rings. The first-order valence-corrected chi connectivity index (χ1v) is 10.2. The molecule has 1 aliphatic heterocycles. The Hall–Kier alpha value is -4.63. The van der Waals surface area contributed by atoms with Gasteiger partial charge in [-0.15, -0.1) is 11.2 Å². The van der Waals surface area contributed by atoms with Gasteiger partial charge in [0.05, 0.1) is 34.5 Å². The van der Waals surface area contributed by atoms with E-state index in [4.69, 9.17) is 29.2 Å². The lowest BCUT2D eigenvalue weighted by molar-refractivity contribution is -0.0571. The highest BCUT2D eigenvalue weighted by Crippen LogP contribution is 2.32. The Morgan fingerprint density at radius 3 is 2.36 bits per heavy atom. The molecular formula is C23H23ClF3N9. The molecule has 13 heteroatoms. The number of pyridine rings is 1. The Labute approximate surface area is 211 Å². The minimum atomic E-state index is -4.82. The highest BCUT2D eigenvalue weighted by atomic mass is 35.5. The van der Waals surface area contributed by atoms with Crippen LogP contribution in [0.3, 0.4) is 0 Å². The molecule has 188 valence electrons. The van der Waals surface area contributed by atoms with Crippen molar-refractivity contribution >= 4 is 29.6 Å². The van der Waals surface area contributed by atoms with Crippen LogP contribution in [0.1, 0.15) is 12.5 Å². The van der Waals surface area contributed by atoms with Gasteiger partial charge in [0.1, 0.15) is 0 Å².